The van der Waals surface area contributed by atoms with Gasteiger partial charge in [-0.2, -0.15) is 0 Å². The lowest BCUT2D eigenvalue weighted by Gasteiger charge is -1.97. The van der Waals surface area contributed by atoms with Crippen molar-refractivity contribution in [2.24, 2.45) is 0 Å². The zero-order valence-corrected chi connectivity index (χ0v) is 6.19. The minimum Gasteiger partial charge on any atom is -0.348 e. The number of carbonyl (C=O) groups is 1. The summed E-state index contributed by atoms with van der Waals surface area (Å²) in [6.07, 6.45) is 1.23. The first kappa shape index (κ1) is 8.51. The van der Waals surface area contributed by atoms with Crippen molar-refractivity contribution in [3.63, 3.8) is 0 Å². The maximum Gasteiger partial charge on any atom is 0.323 e. The summed E-state index contributed by atoms with van der Waals surface area (Å²) in [4.78, 5) is 26.0. The molecule has 0 fully saturated rings. The van der Waals surface area contributed by atoms with Crippen molar-refractivity contribution < 1.29 is 9.18 Å². The number of imidazole rings is 1. The van der Waals surface area contributed by atoms with Crippen molar-refractivity contribution in [1.29, 1.82) is 0 Å². The summed E-state index contributed by atoms with van der Waals surface area (Å²) >= 11 is 0. The van der Waals surface area contributed by atoms with Crippen LogP contribution in [0.1, 0.15) is 10.5 Å². The van der Waals surface area contributed by atoms with Crippen LogP contribution < -0.4 is 11.0 Å². The maximum atomic E-state index is 11.6. The third-order valence-electron chi connectivity index (χ3n) is 1.22. The second-order valence-corrected chi connectivity index (χ2v) is 2.10. The molecule has 6 heteroatoms. The molecule has 0 atom stereocenters. The smallest absolute Gasteiger partial charge is 0.323 e. The van der Waals surface area contributed by atoms with Gasteiger partial charge in [-0.1, -0.05) is 0 Å². The molecule has 0 aliphatic rings. The lowest BCUT2D eigenvalue weighted by Crippen LogP contribution is -2.26. The van der Waals surface area contributed by atoms with Gasteiger partial charge in [0.15, 0.2) is 0 Å². The van der Waals surface area contributed by atoms with Crippen LogP contribution in [0.2, 0.25) is 0 Å². The van der Waals surface area contributed by atoms with Crippen LogP contribution in [0.5, 0.6) is 0 Å². The molecule has 1 aromatic rings. The second kappa shape index (κ2) is 3.70. The van der Waals surface area contributed by atoms with Gasteiger partial charge in [-0.05, 0) is 0 Å². The number of carbonyl (C=O) groups excluding carboxylic acids is 1. The number of aromatic nitrogens is 2. The molecule has 3 N–H and O–H groups in total. The Balaban J connectivity index is 2.59. The molecule has 0 saturated heterocycles. The molecule has 0 bridgehead atoms. The number of hydrogen-bond donors (Lipinski definition) is 3. The highest BCUT2D eigenvalue weighted by Gasteiger charge is 2.05. The molecule has 0 radical (unpaired) electrons. The van der Waals surface area contributed by atoms with Crippen LogP contribution in [-0.4, -0.2) is 29.1 Å². The first-order chi connectivity index (χ1) is 5.74. The lowest BCUT2D eigenvalue weighted by molar-refractivity contribution is 0.0946. The fourth-order valence-electron chi connectivity index (χ4n) is 0.711. The zero-order chi connectivity index (χ0) is 8.97. The van der Waals surface area contributed by atoms with Gasteiger partial charge in [-0.15, -0.1) is 0 Å². The van der Waals surface area contributed by atoms with Gasteiger partial charge in [0.25, 0.3) is 5.91 Å². The van der Waals surface area contributed by atoms with Gasteiger partial charge in [-0.25, -0.2) is 9.18 Å². The van der Waals surface area contributed by atoms with E-state index in [0.717, 1.165) is 0 Å². The number of halogens is 1. The van der Waals surface area contributed by atoms with Crippen LogP contribution in [0, 0.1) is 0 Å². The summed E-state index contributed by atoms with van der Waals surface area (Å²) in [5.41, 5.74) is -0.353. The van der Waals surface area contributed by atoms with E-state index in [1.165, 1.54) is 6.20 Å². The molecule has 0 spiro atoms. The summed E-state index contributed by atoms with van der Waals surface area (Å²) in [5, 5.41) is 2.26. The molecule has 5 nitrogen and oxygen atoms in total. The first-order valence-electron chi connectivity index (χ1n) is 3.36. The number of rotatable bonds is 3. The summed E-state index contributed by atoms with van der Waals surface area (Å²) in [5.74, 6) is -0.494. The van der Waals surface area contributed by atoms with E-state index in [1.54, 1.807) is 0 Å². The van der Waals surface area contributed by atoms with E-state index >= 15 is 0 Å². The third-order valence-corrected chi connectivity index (χ3v) is 1.22. The van der Waals surface area contributed by atoms with Gasteiger partial charge in [-0.3, -0.25) is 4.79 Å². The van der Waals surface area contributed by atoms with E-state index in [0.29, 0.717) is 0 Å². The molecule has 0 saturated carbocycles. The van der Waals surface area contributed by atoms with Gasteiger partial charge >= 0.3 is 5.69 Å². The Labute approximate surface area is 67.0 Å². The molecule has 1 heterocycles. The fourth-order valence-corrected chi connectivity index (χ4v) is 0.711. The zero-order valence-electron chi connectivity index (χ0n) is 6.19. The van der Waals surface area contributed by atoms with E-state index in [-0.39, 0.29) is 12.2 Å². The SMILES string of the molecule is O=C(NCCF)c1c[nH]c(=O)[nH]1. The van der Waals surface area contributed by atoms with Gasteiger partial charge in [0, 0.05) is 12.7 Å². The Bertz CT molecular complexity index is 317. The molecule has 0 aliphatic carbocycles. The first-order valence-corrected chi connectivity index (χ1v) is 3.36. The Hall–Kier alpha value is -1.59. The lowest BCUT2D eigenvalue weighted by atomic mass is 10.4. The Morgan fingerprint density at radius 1 is 1.67 bits per heavy atom. The van der Waals surface area contributed by atoms with Crippen molar-refractivity contribution in [2.75, 3.05) is 13.2 Å². The molecular formula is C6H8FN3O2. The Kier molecular flexibility index (Phi) is 2.62. The van der Waals surface area contributed by atoms with Crippen LogP contribution >= 0.6 is 0 Å². The number of H-pyrrole nitrogens is 2. The van der Waals surface area contributed by atoms with Gasteiger partial charge < -0.3 is 15.3 Å². The van der Waals surface area contributed by atoms with Gasteiger partial charge in [0.05, 0.1) is 0 Å². The molecule has 0 aliphatic heterocycles. The van der Waals surface area contributed by atoms with E-state index < -0.39 is 18.3 Å². The van der Waals surface area contributed by atoms with Crippen molar-refractivity contribution >= 4 is 5.91 Å². The van der Waals surface area contributed by atoms with Gasteiger partial charge in [0.1, 0.15) is 12.4 Å². The van der Waals surface area contributed by atoms with E-state index in [2.05, 4.69) is 15.3 Å². The van der Waals surface area contributed by atoms with Crippen molar-refractivity contribution in [1.82, 2.24) is 15.3 Å². The Morgan fingerprint density at radius 3 is 2.92 bits per heavy atom. The fraction of sp³-hybridized carbons (Fsp3) is 0.333. The number of hydrogen-bond acceptors (Lipinski definition) is 2. The van der Waals surface area contributed by atoms with Crippen LogP contribution in [0.4, 0.5) is 4.39 Å². The highest BCUT2D eigenvalue weighted by Crippen LogP contribution is 1.85. The third kappa shape index (κ3) is 1.94. The van der Waals surface area contributed by atoms with Crippen LogP contribution in [0.15, 0.2) is 11.0 Å². The predicted octanol–water partition coefficient (Wildman–Crippen LogP) is -0.598. The molecule has 1 rings (SSSR count). The van der Waals surface area contributed by atoms with Crippen molar-refractivity contribution in [3.05, 3.63) is 22.4 Å². The number of aromatic amines is 2. The topological polar surface area (TPSA) is 77.8 Å². The van der Waals surface area contributed by atoms with Crippen LogP contribution in [0.3, 0.4) is 0 Å². The Morgan fingerprint density at radius 2 is 2.42 bits per heavy atom. The average Bonchev–Trinajstić information content (AvgIpc) is 2.47. The van der Waals surface area contributed by atoms with Gasteiger partial charge in [0.2, 0.25) is 0 Å². The molecule has 1 aromatic heterocycles. The standard InChI is InChI=1S/C6H8FN3O2/c7-1-2-8-5(11)4-3-9-6(12)10-4/h3H,1-2H2,(H,8,11)(H2,9,10,12). The molecule has 66 valence electrons. The minimum atomic E-state index is -0.625. The summed E-state index contributed by atoms with van der Waals surface area (Å²) in [6, 6.07) is 0. The monoisotopic (exact) mass is 173 g/mol. The highest BCUT2D eigenvalue weighted by atomic mass is 19.1. The summed E-state index contributed by atoms with van der Waals surface area (Å²) in [7, 11) is 0. The van der Waals surface area contributed by atoms with Crippen LogP contribution in [0.25, 0.3) is 0 Å². The quantitative estimate of drug-likeness (QED) is 0.570. The summed E-state index contributed by atoms with van der Waals surface area (Å²) < 4.78 is 11.6. The summed E-state index contributed by atoms with van der Waals surface area (Å²) in [6.45, 7) is -0.674. The molecule has 1 amide bonds. The molecular weight excluding hydrogens is 165 g/mol. The van der Waals surface area contributed by atoms with E-state index in [9.17, 15) is 14.0 Å². The minimum absolute atomic E-state index is 0.0496. The number of alkyl halides is 1. The largest absolute Gasteiger partial charge is 0.348 e. The normalized spacial score (nSPS) is 9.75. The van der Waals surface area contributed by atoms with E-state index in [1.807, 2.05) is 0 Å². The van der Waals surface area contributed by atoms with E-state index in [4.69, 9.17) is 0 Å². The average molecular weight is 173 g/mol. The maximum absolute atomic E-state index is 11.6. The number of amides is 1. The predicted molar refractivity (Wildman–Crippen MR) is 39.7 cm³/mol. The molecule has 12 heavy (non-hydrogen) atoms. The molecule has 0 unspecified atom stereocenters. The van der Waals surface area contributed by atoms with Crippen molar-refractivity contribution in [2.45, 2.75) is 0 Å². The van der Waals surface area contributed by atoms with Crippen LogP contribution in [-0.2, 0) is 0 Å². The highest BCUT2D eigenvalue weighted by molar-refractivity contribution is 5.91. The van der Waals surface area contributed by atoms with Crippen molar-refractivity contribution in [3.8, 4) is 0 Å². The number of nitrogens with one attached hydrogen (secondary N) is 3. The molecule has 0 aromatic carbocycles. The second-order valence-electron chi connectivity index (χ2n) is 2.10.